The zero-order chi connectivity index (χ0) is 33.3. The fraction of sp³-hybridized carbons (Fsp3) is 0.229. The number of aliphatic hydroxyl groups excluding tert-OH is 1. The lowest BCUT2D eigenvalue weighted by Crippen LogP contribution is -2.45. The molecule has 1 aliphatic heterocycles. The number of carbonyl (C=O) groups is 2. The summed E-state index contributed by atoms with van der Waals surface area (Å²) in [6.07, 6.45) is 0.405. The first-order valence-electron chi connectivity index (χ1n) is 14.9. The van der Waals surface area contributed by atoms with Crippen LogP contribution in [-0.4, -0.2) is 49.9 Å². The summed E-state index contributed by atoms with van der Waals surface area (Å²) >= 11 is 3.50. The van der Waals surface area contributed by atoms with Crippen LogP contribution in [-0.2, 0) is 16.1 Å². The molecule has 0 fully saturated rings. The number of urea groups is 1. The zero-order valence-electron chi connectivity index (χ0n) is 26.1. The first-order chi connectivity index (χ1) is 22.8. The van der Waals surface area contributed by atoms with Gasteiger partial charge in [0.25, 0.3) is 0 Å². The first-order valence-corrected chi connectivity index (χ1v) is 15.7. The molecule has 12 heteroatoms. The predicted molar refractivity (Wildman–Crippen MR) is 181 cm³/mol. The molecule has 0 radical (unpaired) electrons. The Morgan fingerprint density at radius 3 is 2.62 bits per heavy atom. The maximum Gasteiger partial charge on any atom is 0.337 e. The van der Waals surface area contributed by atoms with Crippen molar-refractivity contribution in [2.24, 2.45) is 5.10 Å². The molecule has 4 N–H and O–H groups in total. The van der Waals surface area contributed by atoms with Crippen molar-refractivity contribution in [3.05, 3.63) is 111 Å². The fourth-order valence-electron chi connectivity index (χ4n) is 5.14. The number of nitrogens with one attached hydrogen (secondary N) is 3. The number of fused-ring (bicyclic) bond motifs is 1. The molecule has 47 heavy (non-hydrogen) atoms. The zero-order valence-corrected chi connectivity index (χ0v) is 27.7. The lowest BCUT2D eigenvalue weighted by Gasteiger charge is -2.28. The average molecular weight is 704 g/mol. The molecule has 0 bridgehead atoms. The largest absolute Gasteiger partial charge is 0.490 e. The number of esters is 1. The Bertz CT molecular complexity index is 1820. The topological polar surface area (TPSA) is 140 Å². The van der Waals surface area contributed by atoms with Crippen molar-refractivity contribution in [3.63, 3.8) is 0 Å². The van der Waals surface area contributed by atoms with E-state index in [4.69, 9.17) is 18.9 Å². The van der Waals surface area contributed by atoms with Gasteiger partial charge in [-0.3, -0.25) is 5.43 Å². The number of aliphatic hydroxyl groups is 1. The Balaban J connectivity index is 1.23. The molecule has 0 saturated heterocycles. The van der Waals surface area contributed by atoms with E-state index >= 15 is 0 Å². The Kier molecular flexibility index (Phi) is 11.0. The van der Waals surface area contributed by atoms with Crippen LogP contribution in [0.3, 0.4) is 0 Å². The molecule has 0 saturated carbocycles. The van der Waals surface area contributed by atoms with Gasteiger partial charge in [0, 0.05) is 15.7 Å². The molecule has 0 spiro atoms. The minimum atomic E-state index is -1.16. The van der Waals surface area contributed by atoms with Gasteiger partial charge in [-0.05, 0) is 66.1 Å². The summed E-state index contributed by atoms with van der Waals surface area (Å²) in [5.41, 5.74) is 5.69. The normalized spacial score (nSPS) is 15.2. The van der Waals surface area contributed by atoms with Crippen molar-refractivity contribution < 1.29 is 33.6 Å². The number of hydrogen-bond donors (Lipinski definition) is 4. The number of carbonyl (C=O) groups excluding carboxylic acids is 2. The van der Waals surface area contributed by atoms with Gasteiger partial charge in [0.05, 0.1) is 31.5 Å². The Hall–Kier alpha value is -5.07. The molecule has 1 aliphatic rings. The molecule has 0 unspecified atom stereocenters. The fourth-order valence-corrected chi connectivity index (χ4v) is 5.52. The van der Waals surface area contributed by atoms with Crippen molar-refractivity contribution in [1.29, 1.82) is 0 Å². The van der Waals surface area contributed by atoms with E-state index in [2.05, 4.69) is 55.3 Å². The van der Waals surface area contributed by atoms with Gasteiger partial charge in [-0.2, -0.15) is 5.10 Å². The molecule has 4 aromatic carbocycles. The second-order valence-electron chi connectivity index (χ2n) is 10.5. The Morgan fingerprint density at radius 1 is 1.02 bits per heavy atom. The molecule has 4 aromatic rings. The number of halogens is 1. The quantitative estimate of drug-likeness (QED) is 0.0602. The van der Waals surface area contributed by atoms with E-state index in [1.54, 1.807) is 31.3 Å². The van der Waals surface area contributed by atoms with Crippen LogP contribution < -0.4 is 30.3 Å². The van der Waals surface area contributed by atoms with Crippen molar-refractivity contribution in [2.45, 2.75) is 32.7 Å². The molecular formula is C35H35BrN4O7. The standard InChI is InChI=1S/C35H35BrN4O7/c1-4-45-30-17-23(33-32(34(42)44-3)21(2)38-35(43)39-33)12-14-29(30)47-20-31(41)40-37-18-25-16-26(36)13-15-28(25)46-19-24-10-7-9-22-8-5-6-11-27(22)24/h5-18,31,33,40-41H,4,19-20H2,1-3H3,(H2,38,39,43)/b37-18-/t31-,33-/m0/s1. The Labute approximate surface area is 280 Å². The van der Waals surface area contributed by atoms with Gasteiger partial charge in [0.15, 0.2) is 17.7 Å². The van der Waals surface area contributed by atoms with Crippen molar-refractivity contribution >= 4 is 44.9 Å². The van der Waals surface area contributed by atoms with Gasteiger partial charge in [0.1, 0.15) is 19.0 Å². The van der Waals surface area contributed by atoms with Crippen LogP contribution in [0.15, 0.2) is 99.7 Å². The highest BCUT2D eigenvalue weighted by Crippen LogP contribution is 2.35. The van der Waals surface area contributed by atoms with E-state index in [9.17, 15) is 14.7 Å². The molecule has 0 aliphatic carbocycles. The maximum atomic E-state index is 12.5. The van der Waals surface area contributed by atoms with E-state index in [1.165, 1.54) is 7.11 Å². The smallest absolute Gasteiger partial charge is 0.337 e. The van der Waals surface area contributed by atoms with Gasteiger partial charge < -0.3 is 34.7 Å². The minimum absolute atomic E-state index is 0.157. The van der Waals surface area contributed by atoms with Crippen LogP contribution in [0.25, 0.3) is 10.8 Å². The number of nitrogens with zero attached hydrogens (tertiary/aromatic N) is 1. The summed E-state index contributed by atoms with van der Waals surface area (Å²) < 4.78 is 23.6. The van der Waals surface area contributed by atoms with Crippen molar-refractivity contribution in [3.8, 4) is 17.2 Å². The molecule has 2 atom stereocenters. The average Bonchev–Trinajstić information content (AvgIpc) is 3.06. The molecule has 244 valence electrons. The third-order valence-corrected chi connectivity index (χ3v) is 7.83. The van der Waals surface area contributed by atoms with E-state index in [1.807, 2.05) is 49.4 Å². The third kappa shape index (κ3) is 8.21. The number of methoxy groups -OCH3 is 1. The highest BCUT2D eigenvalue weighted by atomic mass is 79.9. The first kappa shape index (κ1) is 33.3. The number of hydrazone groups is 1. The molecule has 2 amide bonds. The molecule has 11 nitrogen and oxygen atoms in total. The highest BCUT2D eigenvalue weighted by Gasteiger charge is 2.32. The van der Waals surface area contributed by atoms with Crippen LogP contribution in [0.1, 0.15) is 36.6 Å². The van der Waals surface area contributed by atoms with E-state index in [0.29, 0.717) is 47.3 Å². The van der Waals surface area contributed by atoms with Gasteiger partial charge >= 0.3 is 12.0 Å². The van der Waals surface area contributed by atoms with Gasteiger partial charge in [-0.15, -0.1) is 0 Å². The third-order valence-electron chi connectivity index (χ3n) is 7.33. The van der Waals surface area contributed by atoms with Crippen LogP contribution in [0.4, 0.5) is 4.79 Å². The van der Waals surface area contributed by atoms with Gasteiger partial charge in [0.2, 0.25) is 0 Å². The lowest BCUT2D eigenvalue weighted by molar-refractivity contribution is -0.136. The molecule has 1 heterocycles. The molecule has 5 rings (SSSR count). The van der Waals surface area contributed by atoms with Crippen molar-refractivity contribution in [1.82, 2.24) is 16.1 Å². The molecular weight excluding hydrogens is 668 g/mol. The van der Waals surface area contributed by atoms with Crippen molar-refractivity contribution in [2.75, 3.05) is 20.3 Å². The van der Waals surface area contributed by atoms with E-state index in [0.717, 1.165) is 20.8 Å². The van der Waals surface area contributed by atoms with Gasteiger partial charge in [-0.1, -0.05) is 64.5 Å². The van der Waals surface area contributed by atoms with Crippen LogP contribution in [0.2, 0.25) is 0 Å². The number of benzene rings is 4. The highest BCUT2D eigenvalue weighted by molar-refractivity contribution is 9.10. The summed E-state index contributed by atoms with van der Waals surface area (Å²) in [6, 6.07) is 23.7. The number of ether oxygens (including phenoxy) is 4. The summed E-state index contributed by atoms with van der Waals surface area (Å²) in [5.74, 6) is 0.790. The molecule has 0 aromatic heterocycles. The number of hydrogen-bond acceptors (Lipinski definition) is 9. The number of rotatable bonds is 13. The van der Waals surface area contributed by atoms with E-state index < -0.39 is 24.3 Å². The second-order valence-corrected chi connectivity index (χ2v) is 11.4. The van der Waals surface area contributed by atoms with Crippen LogP contribution in [0.5, 0.6) is 17.2 Å². The van der Waals surface area contributed by atoms with Gasteiger partial charge in [-0.25, -0.2) is 9.59 Å². The summed E-state index contributed by atoms with van der Waals surface area (Å²) in [4.78, 5) is 24.7. The van der Waals surface area contributed by atoms with E-state index in [-0.39, 0.29) is 12.2 Å². The monoisotopic (exact) mass is 702 g/mol. The van der Waals surface area contributed by atoms with Crippen LogP contribution in [0, 0.1) is 0 Å². The summed E-state index contributed by atoms with van der Waals surface area (Å²) in [6.45, 7) is 4.00. The predicted octanol–water partition coefficient (Wildman–Crippen LogP) is 5.70. The minimum Gasteiger partial charge on any atom is -0.490 e. The maximum absolute atomic E-state index is 12.5. The number of amides is 2. The SMILES string of the molecule is CCOc1cc([C@@H]2NC(=O)NC(C)=C2C(=O)OC)ccc1OC[C@H](O)N/N=C\c1cc(Br)ccc1OCc1cccc2ccccc12. The summed E-state index contributed by atoms with van der Waals surface area (Å²) in [5, 5.41) is 22.4. The Morgan fingerprint density at radius 2 is 1.81 bits per heavy atom. The lowest BCUT2D eigenvalue weighted by atomic mass is 9.95. The second kappa shape index (κ2) is 15.5. The van der Waals surface area contributed by atoms with Crippen LogP contribution >= 0.6 is 15.9 Å². The number of allylic oxidation sites excluding steroid dienone is 1. The summed E-state index contributed by atoms with van der Waals surface area (Å²) in [7, 11) is 1.28.